The number of aryl methyl sites for hydroxylation is 2. The Kier molecular flexibility index (Phi) is 4.51. The summed E-state index contributed by atoms with van der Waals surface area (Å²) >= 11 is 0. The van der Waals surface area contributed by atoms with E-state index in [0.717, 1.165) is 5.56 Å². The van der Waals surface area contributed by atoms with Gasteiger partial charge in [-0.1, -0.05) is 23.8 Å². The van der Waals surface area contributed by atoms with Crippen molar-refractivity contribution in [2.45, 2.75) is 18.7 Å². The third-order valence-corrected chi connectivity index (χ3v) is 4.67. The Labute approximate surface area is 130 Å². The lowest BCUT2D eigenvalue weighted by molar-refractivity contribution is 0.0962. The fraction of sp³-hybridized carbons (Fsp3) is 0.188. The first-order valence-corrected chi connectivity index (χ1v) is 8.24. The van der Waals surface area contributed by atoms with Crippen LogP contribution in [-0.4, -0.2) is 21.4 Å². The van der Waals surface area contributed by atoms with Gasteiger partial charge in [0.1, 0.15) is 0 Å². The highest BCUT2D eigenvalue weighted by molar-refractivity contribution is 7.92. The van der Waals surface area contributed by atoms with Gasteiger partial charge in [0, 0.05) is 18.3 Å². The van der Waals surface area contributed by atoms with E-state index < -0.39 is 10.0 Å². The molecule has 0 fully saturated rings. The predicted octanol–water partition coefficient (Wildman–Crippen LogP) is 2.46. The van der Waals surface area contributed by atoms with Crippen LogP contribution in [0.2, 0.25) is 0 Å². The Morgan fingerprint density at radius 1 is 1.00 bits per heavy atom. The van der Waals surface area contributed by atoms with Crippen LogP contribution in [0.3, 0.4) is 0 Å². The largest absolute Gasteiger partial charge is 0.355 e. The highest BCUT2D eigenvalue weighted by Crippen LogP contribution is 2.19. The lowest BCUT2D eigenvalue weighted by Gasteiger charge is -2.11. The molecule has 0 unspecified atom stereocenters. The minimum Gasteiger partial charge on any atom is -0.355 e. The Morgan fingerprint density at radius 3 is 2.23 bits per heavy atom. The Morgan fingerprint density at radius 2 is 1.64 bits per heavy atom. The Hall–Kier alpha value is -2.34. The molecule has 2 aromatic rings. The lowest BCUT2D eigenvalue weighted by Crippen LogP contribution is -2.20. The van der Waals surface area contributed by atoms with E-state index in [1.54, 1.807) is 25.1 Å². The average molecular weight is 318 g/mol. The van der Waals surface area contributed by atoms with Gasteiger partial charge >= 0.3 is 0 Å². The fourth-order valence-electron chi connectivity index (χ4n) is 1.98. The topological polar surface area (TPSA) is 75.3 Å². The van der Waals surface area contributed by atoms with E-state index in [-0.39, 0.29) is 10.8 Å². The third kappa shape index (κ3) is 3.46. The molecular weight excluding hydrogens is 300 g/mol. The van der Waals surface area contributed by atoms with Crippen molar-refractivity contribution in [3.8, 4) is 0 Å². The minimum absolute atomic E-state index is 0.0530. The van der Waals surface area contributed by atoms with Gasteiger partial charge in [-0.15, -0.1) is 0 Å². The molecule has 0 aromatic heterocycles. The van der Waals surface area contributed by atoms with E-state index >= 15 is 0 Å². The van der Waals surface area contributed by atoms with E-state index in [2.05, 4.69) is 10.0 Å². The molecule has 22 heavy (non-hydrogen) atoms. The number of rotatable bonds is 4. The molecule has 0 saturated carbocycles. The van der Waals surface area contributed by atoms with Crippen LogP contribution in [0.4, 0.5) is 5.69 Å². The molecule has 2 rings (SSSR count). The van der Waals surface area contributed by atoms with Gasteiger partial charge in [-0.2, -0.15) is 0 Å². The van der Waals surface area contributed by atoms with Crippen LogP contribution >= 0.6 is 0 Å². The number of hydrogen-bond acceptors (Lipinski definition) is 3. The minimum atomic E-state index is -3.74. The van der Waals surface area contributed by atoms with Crippen molar-refractivity contribution in [3.05, 3.63) is 59.2 Å². The summed E-state index contributed by atoms with van der Waals surface area (Å²) in [5.41, 5.74) is 2.58. The van der Waals surface area contributed by atoms with Crippen molar-refractivity contribution in [2.75, 3.05) is 11.8 Å². The van der Waals surface area contributed by atoms with E-state index in [1.165, 1.54) is 19.2 Å². The summed E-state index contributed by atoms with van der Waals surface area (Å²) in [4.78, 5) is 11.8. The molecule has 2 aromatic carbocycles. The predicted molar refractivity (Wildman–Crippen MR) is 86.6 cm³/mol. The van der Waals surface area contributed by atoms with Crippen LogP contribution in [-0.2, 0) is 10.0 Å². The van der Waals surface area contributed by atoms with Crippen molar-refractivity contribution in [2.24, 2.45) is 0 Å². The smallest absolute Gasteiger partial charge is 0.261 e. The zero-order valence-electron chi connectivity index (χ0n) is 12.7. The summed E-state index contributed by atoms with van der Waals surface area (Å²) in [6, 6.07) is 11.5. The molecule has 0 bridgehead atoms. The molecule has 116 valence electrons. The monoisotopic (exact) mass is 318 g/mol. The zero-order chi connectivity index (χ0) is 16.3. The number of carbonyl (C=O) groups is 1. The molecule has 5 nitrogen and oxygen atoms in total. The van der Waals surface area contributed by atoms with Crippen LogP contribution in [0.25, 0.3) is 0 Å². The van der Waals surface area contributed by atoms with Gasteiger partial charge < -0.3 is 5.32 Å². The number of carbonyl (C=O) groups excluding carboxylic acids is 1. The molecule has 0 saturated heterocycles. The van der Waals surface area contributed by atoms with Gasteiger partial charge in [0.25, 0.3) is 15.9 Å². The molecule has 0 aliphatic rings. The van der Waals surface area contributed by atoms with Gasteiger partial charge in [-0.25, -0.2) is 8.42 Å². The molecule has 0 heterocycles. The van der Waals surface area contributed by atoms with Crippen molar-refractivity contribution in [1.82, 2.24) is 5.32 Å². The standard InChI is InChI=1S/C16H18N2O3S/c1-11-4-7-13(8-5-11)18-22(20,21)14-9-6-12(2)15(10-14)16(19)17-3/h4-10,18H,1-3H3,(H,17,19). The van der Waals surface area contributed by atoms with E-state index in [9.17, 15) is 13.2 Å². The molecule has 0 aliphatic heterocycles. The van der Waals surface area contributed by atoms with E-state index in [0.29, 0.717) is 16.8 Å². The zero-order valence-corrected chi connectivity index (χ0v) is 13.5. The lowest BCUT2D eigenvalue weighted by atomic mass is 10.1. The van der Waals surface area contributed by atoms with Gasteiger partial charge in [-0.3, -0.25) is 9.52 Å². The number of nitrogens with one attached hydrogen (secondary N) is 2. The van der Waals surface area contributed by atoms with Crippen LogP contribution in [0.1, 0.15) is 21.5 Å². The van der Waals surface area contributed by atoms with Crippen LogP contribution in [0.15, 0.2) is 47.4 Å². The first-order valence-electron chi connectivity index (χ1n) is 6.76. The highest BCUT2D eigenvalue weighted by atomic mass is 32.2. The summed E-state index contributed by atoms with van der Waals surface area (Å²) in [7, 11) is -2.23. The van der Waals surface area contributed by atoms with Crippen molar-refractivity contribution >= 4 is 21.6 Å². The average Bonchev–Trinajstić information content (AvgIpc) is 2.49. The second-order valence-electron chi connectivity index (χ2n) is 5.03. The maximum atomic E-state index is 12.4. The summed E-state index contributed by atoms with van der Waals surface area (Å²) in [6.45, 7) is 3.68. The second kappa shape index (κ2) is 6.19. The first kappa shape index (κ1) is 16.0. The number of benzene rings is 2. The molecule has 0 radical (unpaired) electrons. The number of hydrogen-bond donors (Lipinski definition) is 2. The molecule has 2 N–H and O–H groups in total. The first-order chi connectivity index (χ1) is 10.3. The molecule has 0 atom stereocenters. The molecule has 1 amide bonds. The summed E-state index contributed by atoms with van der Waals surface area (Å²) in [5.74, 6) is -0.315. The maximum Gasteiger partial charge on any atom is 0.261 e. The maximum absolute atomic E-state index is 12.4. The molecule has 0 aliphatic carbocycles. The summed E-state index contributed by atoms with van der Waals surface area (Å²) in [5, 5.41) is 2.50. The molecule has 0 spiro atoms. The van der Waals surface area contributed by atoms with Crippen LogP contribution in [0, 0.1) is 13.8 Å². The molecule has 6 heteroatoms. The SMILES string of the molecule is CNC(=O)c1cc(S(=O)(=O)Nc2ccc(C)cc2)ccc1C. The number of anilines is 1. The third-order valence-electron chi connectivity index (χ3n) is 3.29. The van der Waals surface area contributed by atoms with E-state index in [4.69, 9.17) is 0 Å². The van der Waals surface area contributed by atoms with Gasteiger partial charge in [0.15, 0.2) is 0 Å². The summed E-state index contributed by atoms with van der Waals surface area (Å²) < 4.78 is 27.3. The number of sulfonamides is 1. The van der Waals surface area contributed by atoms with Gasteiger partial charge in [0.05, 0.1) is 4.90 Å². The van der Waals surface area contributed by atoms with Gasteiger partial charge in [-0.05, 0) is 43.7 Å². The summed E-state index contributed by atoms with van der Waals surface area (Å²) in [6.07, 6.45) is 0. The molecular formula is C16H18N2O3S. The fourth-order valence-corrected chi connectivity index (χ4v) is 3.07. The van der Waals surface area contributed by atoms with Crippen LogP contribution in [0.5, 0.6) is 0 Å². The number of amides is 1. The van der Waals surface area contributed by atoms with Crippen molar-refractivity contribution in [3.63, 3.8) is 0 Å². The van der Waals surface area contributed by atoms with Crippen LogP contribution < -0.4 is 10.0 Å². The van der Waals surface area contributed by atoms with Crippen molar-refractivity contribution in [1.29, 1.82) is 0 Å². The van der Waals surface area contributed by atoms with Gasteiger partial charge in [0.2, 0.25) is 0 Å². The second-order valence-corrected chi connectivity index (χ2v) is 6.71. The highest BCUT2D eigenvalue weighted by Gasteiger charge is 2.17. The quantitative estimate of drug-likeness (QED) is 0.909. The van der Waals surface area contributed by atoms with E-state index in [1.807, 2.05) is 19.1 Å². The Bertz CT molecular complexity index is 797. The Balaban J connectivity index is 2.37. The van der Waals surface area contributed by atoms with Crippen molar-refractivity contribution < 1.29 is 13.2 Å². The normalized spacial score (nSPS) is 11.0.